The van der Waals surface area contributed by atoms with Crippen LogP contribution in [0.1, 0.15) is 26.2 Å². The van der Waals surface area contributed by atoms with Crippen molar-refractivity contribution in [1.29, 1.82) is 0 Å². The molecule has 0 heterocycles. The molecule has 13 heavy (non-hydrogen) atoms. The Morgan fingerprint density at radius 1 is 1.62 bits per heavy atom. The van der Waals surface area contributed by atoms with Crippen LogP contribution in [0.2, 0.25) is 0 Å². The minimum atomic E-state index is -0.829. The van der Waals surface area contributed by atoms with Gasteiger partial charge in [0, 0.05) is 6.42 Å². The maximum absolute atomic E-state index is 12.1. The molecule has 0 aliphatic carbocycles. The van der Waals surface area contributed by atoms with Gasteiger partial charge in [-0.3, -0.25) is 9.18 Å². The summed E-state index contributed by atoms with van der Waals surface area (Å²) in [5.74, 6) is -0.867. The summed E-state index contributed by atoms with van der Waals surface area (Å²) in [5, 5.41) is 8.56. The van der Waals surface area contributed by atoms with Crippen LogP contribution in [0.4, 0.5) is 4.39 Å². The van der Waals surface area contributed by atoms with E-state index in [-0.39, 0.29) is 24.9 Å². The van der Waals surface area contributed by atoms with Gasteiger partial charge < -0.3 is 10.8 Å². The Balaban J connectivity index is 3.85. The van der Waals surface area contributed by atoms with Gasteiger partial charge in [0.15, 0.2) is 0 Å². The molecule has 0 aromatic rings. The van der Waals surface area contributed by atoms with Crippen LogP contribution >= 0.6 is 0 Å². The van der Waals surface area contributed by atoms with Crippen molar-refractivity contribution in [3.8, 4) is 0 Å². The lowest BCUT2D eigenvalue weighted by molar-refractivity contribution is -0.138. The monoisotopic (exact) mass is 191 g/mol. The Kier molecular flexibility index (Phi) is 6.49. The van der Waals surface area contributed by atoms with Gasteiger partial charge in [0.2, 0.25) is 0 Å². The first-order valence-corrected chi connectivity index (χ1v) is 4.58. The number of aliphatic carboxylic acids is 1. The first-order chi connectivity index (χ1) is 6.10. The average Bonchev–Trinajstić information content (AvgIpc) is 2.03. The molecule has 0 rings (SSSR count). The van der Waals surface area contributed by atoms with E-state index in [1.165, 1.54) is 0 Å². The average molecular weight is 191 g/mol. The molecule has 0 spiro atoms. The molecule has 78 valence electrons. The molecule has 0 aromatic carbocycles. The zero-order valence-corrected chi connectivity index (χ0v) is 8.00. The molecule has 4 heteroatoms. The highest BCUT2D eigenvalue weighted by molar-refractivity contribution is 5.66. The van der Waals surface area contributed by atoms with E-state index < -0.39 is 5.97 Å². The second-order valence-electron chi connectivity index (χ2n) is 3.54. The van der Waals surface area contributed by atoms with Crippen LogP contribution in [0.3, 0.4) is 0 Å². The van der Waals surface area contributed by atoms with Crippen LogP contribution in [0.5, 0.6) is 0 Å². The first kappa shape index (κ1) is 12.4. The highest BCUT2D eigenvalue weighted by Gasteiger charge is 2.15. The Morgan fingerprint density at radius 3 is 2.62 bits per heavy atom. The summed E-state index contributed by atoms with van der Waals surface area (Å²) >= 11 is 0. The molecule has 3 nitrogen and oxygen atoms in total. The fourth-order valence-corrected chi connectivity index (χ4v) is 1.42. The molecular weight excluding hydrogens is 173 g/mol. The molecule has 0 amide bonds. The van der Waals surface area contributed by atoms with Gasteiger partial charge in [-0.1, -0.05) is 6.92 Å². The summed E-state index contributed by atoms with van der Waals surface area (Å²) in [5.41, 5.74) is 5.34. The molecule has 0 fully saturated rings. The second kappa shape index (κ2) is 6.83. The lowest BCUT2D eigenvalue weighted by atomic mass is 9.91. The summed E-state index contributed by atoms with van der Waals surface area (Å²) < 4.78 is 12.1. The fourth-order valence-electron chi connectivity index (χ4n) is 1.42. The van der Waals surface area contributed by atoms with Crippen LogP contribution in [0.25, 0.3) is 0 Å². The van der Waals surface area contributed by atoms with Gasteiger partial charge in [0.05, 0.1) is 6.67 Å². The van der Waals surface area contributed by atoms with E-state index in [0.29, 0.717) is 19.4 Å². The van der Waals surface area contributed by atoms with Gasteiger partial charge in [-0.15, -0.1) is 0 Å². The van der Waals surface area contributed by atoms with Gasteiger partial charge in [0.1, 0.15) is 0 Å². The Hall–Kier alpha value is -0.640. The third-order valence-corrected chi connectivity index (χ3v) is 2.04. The summed E-state index contributed by atoms with van der Waals surface area (Å²) in [7, 11) is 0. The normalized spacial score (nSPS) is 15.3. The van der Waals surface area contributed by atoms with Crippen molar-refractivity contribution in [3.63, 3.8) is 0 Å². The highest BCUT2D eigenvalue weighted by atomic mass is 19.1. The van der Waals surface area contributed by atoms with E-state index in [1.807, 2.05) is 0 Å². The van der Waals surface area contributed by atoms with Gasteiger partial charge >= 0.3 is 5.97 Å². The number of rotatable bonds is 7. The maximum atomic E-state index is 12.1. The van der Waals surface area contributed by atoms with Crippen molar-refractivity contribution < 1.29 is 14.3 Å². The van der Waals surface area contributed by atoms with E-state index in [1.54, 1.807) is 6.92 Å². The molecule has 0 saturated carbocycles. The third-order valence-electron chi connectivity index (χ3n) is 2.04. The van der Waals surface area contributed by atoms with Crippen molar-refractivity contribution in [2.24, 2.45) is 17.6 Å². The molecule has 0 bridgehead atoms. The van der Waals surface area contributed by atoms with Crippen molar-refractivity contribution in [1.82, 2.24) is 0 Å². The molecule has 3 N–H and O–H groups in total. The standard InChI is InChI=1S/C9H18FNO2/c1-7(6-10)4-8(2-3-11)5-9(12)13/h7-8H,2-6,11H2,1H3,(H,12,13)/t7?,8-/m1/s1. The molecule has 1 unspecified atom stereocenters. The summed E-state index contributed by atoms with van der Waals surface area (Å²) in [6.45, 7) is 1.86. The van der Waals surface area contributed by atoms with Crippen LogP contribution in [0, 0.1) is 11.8 Å². The zero-order valence-electron chi connectivity index (χ0n) is 8.00. The summed E-state index contributed by atoms with van der Waals surface area (Å²) in [6.07, 6.45) is 1.37. The Morgan fingerprint density at radius 2 is 2.23 bits per heavy atom. The summed E-state index contributed by atoms with van der Waals surface area (Å²) in [4.78, 5) is 10.4. The van der Waals surface area contributed by atoms with Gasteiger partial charge in [-0.2, -0.15) is 0 Å². The van der Waals surface area contributed by atoms with Crippen LogP contribution in [-0.2, 0) is 4.79 Å². The van der Waals surface area contributed by atoms with E-state index in [0.717, 1.165) is 0 Å². The molecule has 0 aromatic heterocycles. The van der Waals surface area contributed by atoms with Crippen LogP contribution in [-0.4, -0.2) is 24.3 Å². The van der Waals surface area contributed by atoms with Crippen LogP contribution in [0.15, 0.2) is 0 Å². The maximum Gasteiger partial charge on any atom is 0.303 e. The lowest BCUT2D eigenvalue weighted by Crippen LogP contribution is -2.16. The van der Waals surface area contributed by atoms with Crippen molar-refractivity contribution in [2.45, 2.75) is 26.2 Å². The van der Waals surface area contributed by atoms with E-state index in [9.17, 15) is 9.18 Å². The molecule has 0 aliphatic rings. The quantitative estimate of drug-likeness (QED) is 0.639. The number of carboxylic acid groups (broad SMARTS) is 1. The number of nitrogens with two attached hydrogens (primary N) is 1. The Bertz CT molecular complexity index is 153. The number of carbonyl (C=O) groups is 1. The van der Waals surface area contributed by atoms with E-state index >= 15 is 0 Å². The largest absolute Gasteiger partial charge is 0.481 e. The van der Waals surface area contributed by atoms with Gasteiger partial charge in [-0.25, -0.2) is 0 Å². The highest BCUT2D eigenvalue weighted by Crippen LogP contribution is 2.19. The minimum Gasteiger partial charge on any atom is -0.481 e. The number of halogens is 1. The molecule has 2 atom stereocenters. The molecule has 0 saturated heterocycles. The zero-order chi connectivity index (χ0) is 10.3. The predicted molar refractivity (Wildman–Crippen MR) is 49.2 cm³/mol. The van der Waals surface area contributed by atoms with E-state index in [2.05, 4.69) is 0 Å². The second-order valence-corrected chi connectivity index (χ2v) is 3.54. The molecule has 0 radical (unpaired) electrons. The number of alkyl halides is 1. The number of hydrogen-bond acceptors (Lipinski definition) is 2. The summed E-state index contributed by atoms with van der Waals surface area (Å²) in [6, 6.07) is 0. The van der Waals surface area contributed by atoms with Gasteiger partial charge in [0.25, 0.3) is 0 Å². The molecular formula is C9H18FNO2. The smallest absolute Gasteiger partial charge is 0.303 e. The SMILES string of the molecule is CC(CF)C[C@@H](CCN)CC(=O)O. The minimum absolute atomic E-state index is 0.0215. The van der Waals surface area contributed by atoms with E-state index in [4.69, 9.17) is 10.8 Å². The van der Waals surface area contributed by atoms with Crippen LogP contribution < -0.4 is 5.73 Å². The lowest BCUT2D eigenvalue weighted by Gasteiger charge is -2.16. The topological polar surface area (TPSA) is 63.3 Å². The Labute approximate surface area is 78.1 Å². The first-order valence-electron chi connectivity index (χ1n) is 4.58. The van der Waals surface area contributed by atoms with Crippen molar-refractivity contribution in [3.05, 3.63) is 0 Å². The fraction of sp³-hybridized carbons (Fsp3) is 0.889. The molecule has 0 aliphatic heterocycles. The van der Waals surface area contributed by atoms with Gasteiger partial charge in [-0.05, 0) is 31.2 Å². The predicted octanol–water partition coefficient (Wildman–Crippen LogP) is 1.42. The van der Waals surface area contributed by atoms with Crippen molar-refractivity contribution >= 4 is 5.97 Å². The van der Waals surface area contributed by atoms with Crippen molar-refractivity contribution in [2.75, 3.05) is 13.2 Å². The number of carboxylic acids is 1. The third kappa shape index (κ3) is 6.51. The number of hydrogen-bond donors (Lipinski definition) is 2.